The normalized spacial score (nSPS) is 19.3. The fraction of sp³-hybridized carbons (Fsp3) is 0.417. The predicted molar refractivity (Wildman–Crippen MR) is 129 cm³/mol. The monoisotopic (exact) mass is 478 g/mol. The number of nitrogens with zero attached hydrogens (tertiary/aromatic N) is 2. The number of hydrogen-bond donors (Lipinski definition) is 0. The lowest BCUT2D eigenvalue weighted by atomic mass is 10.0. The van der Waals surface area contributed by atoms with E-state index in [2.05, 4.69) is 28.0 Å². The minimum Gasteiger partial charge on any atom is -0.456 e. The van der Waals surface area contributed by atoms with Gasteiger partial charge in [-0.1, -0.05) is 41.4 Å². The largest absolute Gasteiger partial charge is 0.456 e. The van der Waals surface area contributed by atoms with E-state index < -0.39 is 0 Å². The van der Waals surface area contributed by atoms with E-state index in [9.17, 15) is 0 Å². The Balaban J connectivity index is 1.12. The second-order valence-corrected chi connectivity index (χ2v) is 9.77. The number of benzene rings is 1. The number of hydrogen-bond acceptors (Lipinski definition) is 5. The molecular formula is C24H28Cl2N2O2S. The van der Waals surface area contributed by atoms with E-state index in [-0.39, 0.29) is 0 Å². The van der Waals surface area contributed by atoms with Crippen LogP contribution in [0, 0.1) is 0 Å². The maximum atomic E-state index is 6.23. The van der Waals surface area contributed by atoms with Gasteiger partial charge in [0.2, 0.25) is 5.88 Å². The van der Waals surface area contributed by atoms with Crippen LogP contribution in [0.5, 0.6) is 0 Å². The van der Waals surface area contributed by atoms with Crippen molar-refractivity contribution in [2.75, 3.05) is 38.5 Å². The number of ether oxygens (including phenoxy) is 2. The van der Waals surface area contributed by atoms with Gasteiger partial charge >= 0.3 is 0 Å². The lowest BCUT2D eigenvalue weighted by Gasteiger charge is -2.36. The molecule has 3 aliphatic rings. The summed E-state index contributed by atoms with van der Waals surface area (Å²) in [5.74, 6) is 2.69. The average Bonchev–Trinajstić information content (AvgIpc) is 2.82. The Labute approximate surface area is 199 Å². The first kappa shape index (κ1) is 22.7. The summed E-state index contributed by atoms with van der Waals surface area (Å²) in [4.78, 5) is 5.85. The lowest BCUT2D eigenvalue weighted by Crippen LogP contribution is -2.46. The predicted octanol–water partition coefficient (Wildman–Crippen LogP) is 6.45. The third-order valence-corrected chi connectivity index (χ3v) is 7.43. The van der Waals surface area contributed by atoms with Crippen LogP contribution in [0.2, 0.25) is 10.0 Å². The van der Waals surface area contributed by atoms with Crippen molar-refractivity contribution in [2.24, 2.45) is 0 Å². The van der Waals surface area contributed by atoms with Crippen molar-refractivity contribution in [2.45, 2.75) is 30.6 Å². The van der Waals surface area contributed by atoms with Crippen LogP contribution >= 0.6 is 35.0 Å². The molecule has 1 fully saturated rings. The fourth-order valence-corrected chi connectivity index (χ4v) is 5.29. The summed E-state index contributed by atoms with van der Waals surface area (Å²) in [5, 5.41) is 1.52. The molecule has 0 N–H and O–H groups in total. The molecule has 0 atom stereocenters. The van der Waals surface area contributed by atoms with Crippen molar-refractivity contribution < 1.29 is 9.47 Å². The summed E-state index contributed by atoms with van der Waals surface area (Å²) in [7, 11) is 0. The molecule has 0 saturated carbocycles. The quantitative estimate of drug-likeness (QED) is 0.315. The first-order valence-corrected chi connectivity index (χ1v) is 12.6. The van der Waals surface area contributed by atoms with Crippen LogP contribution in [0.15, 0.2) is 71.1 Å². The molecule has 4 rings (SSSR count). The molecule has 2 heterocycles. The van der Waals surface area contributed by atoms with Gasteiger partial charge in [0.25, 0.3) is 0 Å². The highest BCUT2D eigenvalue weighted by Gasteiger charge is 2.22. The van der Waals surface area contributed by atoms with Crippen molar-refractivity contribution in [3.8, 4) is 0 Å². The van der Waals surface area contributed by atoms with E-state index in [1.807, 2.05) is 18.2 Å². The summed E-state index contributed by atoms with van der Waals surface area (Å²) in [6.45, 7) is 5.12. The summed E-state index contributed by atoms with van der Waals surface area (Å²) >= 11 is 14.1. The Morgan fingerprint density at radius 2 is 1.87 bits per heavy atom. The average molecular weight is 479 g/mol. The number of unbranched alkanes of at least 4 members (excludes halogenated alkanes) is 1. The summed E-state index contributed by atoms with van der Waals surface area (Å²) < 4.78 is 11.7. The molecule has 166 valence electrons. The summed E-state index contributed by atoms with van der Waals surface area (Å²) in [5.41, 5.74) is 1.19. The molecule has 1 aliphatic carbocycles. The van der Waals surface area contributed by atoms with Crippen molar-refractivity contribution in [3.63, 3.8) is 0 Å². The van der Waals surface area contributed by atoms with Gasteiger partial charge in [-0.25, -0.2) is 0 Å². The van der Waals surface area contributed by atoms with Crippen molar-refractivity contribution in [1.82, 2.24) is 9.80 Å². The highest BCUT2D eigenvalue weighted by molar-refractivity contribution is 7.99. The second kappa shape index (κ2) is 11.4. The zero-order valence-electron chi connectivity index (χ0n) is 17.6. The van der Waals surface area contributed by atoms with Crippen molar-refractivity contribution in [1.29, 1.82) is 0 Å². The minimum atomic E-state index is 0.738. The molecule has 4 nitrogen and oxygen atoms in total. The molecule has 1 aromatic carbocycles. The van der Waals surface area contributed by atoms with Crippen LogP contribution in [-0.2, 0) is 9.47 Å². The van der Waals surface area contributed by atoms with E-state index in [1.54, 1.807) is 24.3 Å². The zero-order valence-corrected chi connectivity index (χ0v) is 19.9. The fourth-order valence-electron chi connectivity index (χ4n) is 3.79. The van der Waals surface area contributed by atoms with E-state index in [0.29, 0.717) is 0 Å². The van der Waals surface area contributed by atoms with Crippen LogP contribution in [0.25, 0.3) is 0 Å². The smallest absolute Gasteiger partial charge is 0.231 e. The van der Waals surface area contributed by atoms with Crippen molar-refractivity contribution in [3.05, 3.63) is 76.2 Å². The zero-order chi connectivity index (χ0) is 21.5. The van der Waals surface area contributed by atoms with E-state index >= 15 is 0 Å². The molecule has 1 saturated heterocycles. The first-order valence-electron chi connectivity index (χ1n) is 10.8. The third kappa shape index (κ3) is 6.48. The van der Waals surface area contributed by atoms with E-state index in [1.165, 1.54) is 12.0 Å². The molecule has 0 unspecified atom stereocenters. The Hall–Kier alpha value is -1.53. The molecule has 2 aliphatic heterocycles. The van der Waals surface area contributed by atoms with Gasteiger partial charge in [0, 0.05) is 36.1 Å². The maximum Gasteiger partial charge on any atom is 0.231 e. The van der Waals surface area contributed by atoms with Crippen molar-refractivity contribution >= 4 is 35.0 Å². The highest BCUT2D eigenvalue weighted by atomic mass is 35.5. The minimum absolute atomic E-state index is 0.738. The molecule has 0 bridgehead atoms. The molecule has 7 heteroatoms. The van der Waals surface area contributed by atoms with Crippen LogP contribution in [-0.4, -0.2) is 48.3 Å². The number of rotatable bonds is 8. The van der Waals surface area contributed by atoms with Crippen LogP contribution in [0.3, 0.4) is 0 Å². The van der Waals surface area contributed by atoms with Gasteiger partial charge in [-0.2, -0.15) is 0 Å². The van der Waals surface area contributed by atoms with Gasteiger partial charge in [0.1, 0.15) is 6.26 Å². The lowest BCUT2D eigenvalue weighted by molar-refractivity contribution is 0.0841. The first-order chi connectivity index (χ1) is 15.2. The number of halogens is 2. The number of piperazine rings is 1. The molecule has 0 aromatic heterocycles. The molecule has 0 spiro atoms. The van der Waals surface area contributed by atoms with Crippen LogP contribution in [0.4, 0.5) is 0 Å². The van der Waals surface area contributed by atoms with Crippen LogP contribution < -0.4 is 0 Å². The highest BCUT2D eigenvalue weighted by Crippen LogP contribution is 2.30. The topological polar surface area (TPSA) is 24.9 Å². The standard InChI is InChI=1S/C24H28Cl2N2O2S/c25-20-8-9-21(26)23(16-20)31-15-5-4-10-27-11-13-28(14-12-27)24-18-29-22(17-30-24)19-6-2-1-3-7-19/h1-2,6,8-9,16-18H,3-5,7,10-15H2. The van der Waals surface area contributed by atoms with Crippen LogP contribution in [0.1, 0.15) is 25.7 Å². The molecular weight excluding hydrogens is 451 g/mol. The molecule has 0 radical (unpaired) electrons. The third-order valence-electron chi connectivity index (χ3n) is 5.61. The van der Waals surface area contributed by atoms with Gasteiger partial charge in [-0.15, -0.1) is 11.8 Å². The molecule has 1 aromatic rings. The Bertz CT molecular complexity index is 890. The van der Waals surface area contributed by atoms with Gasteiger partial charge < -0.3 is 14.4 Å². The van der Waals surface area contributed by atoms with Gasteiger partial charge in [0.05, 0.1) is 5.02 Å². The molecule has 31 heavy (non-hydrogen) atoms. The number of allylic oxidation sites excluding steroid dienone is 4. The molecule has 0 amide bonds. The SMILES string of the molecule is Clc1ccc(Cl)c(SCCCCN2CCN(C3=COC(C4=CC=CCC4)=CO3)CC2)c1. The maximum absolute atomic E-state index is 6.23. The number of thioether (sulfide) groups is 1. The van der Waals surface area contributed by atoms with E-state index in [0.717, 1.165) is 84.3 Å². The second-order valence-electron chi connectivity index (χ2n) is 7.79. The Morgan fingerprint density at radius 3 is 2.61 bits per heavy atom. The van der Waals surface area contributed by atoms with Gasteiger partial charge in [0.15, 0.2) is 12.0 Å². The Morgan fingerprint density at radius 1 is 1.00 bits per heavy atom. The van der Waals surface area contributed by atoms with E-state index in [4.69, 9.17) is 32.7 Å². The Kier molecular flexibility index (Phi) is 8.31. The van der Waals surface area contributed by atoms with Gasteiger partial charge in [-0.3, -0.25) is 4.90 Å². The van der Waals surface area contributed by atoms with Gasteiger partial charge in [-0.05, 0) is 61.8 Å². The summed E-state index contributed by atoms with van der Waals surface area (Å²) in [6.07, 6.45) is 14.2. The summed E-state index contributed by atoms with van der Waals surface area (Å²) in [6, 6.07) is 5.64.